The summed E-state index contributed by atoms with van der Waals surface area (Å²) in [5.41, 5.74) is 4.59. The summed E-state index contributed by atoms with van der Waals surface area (Å²) in [5, 5.41) is 12.1. The minimum absolute atomic E-state index is 0.430. The molecule has 4 nitrogen and oxygen atoms in total. The topological polar surface area (TPSA) is 61.4 Å². The lowest BCUT2D eigenvalue weighted by molar-refractivity contribution is 0.0706. The van der Waals surface area contributed by atoms with Crippen LogP contribution in [0.4, 0.5) is 0 Å². The molecule has 0 bridgehead atoms. The number of carbonyl (C=O) groups is 1. The summed E-state index contributed by atoms with van der Waals surface area (Å²) in [4.78, 5) is 11.4. The molecule has 5 heteroatoms. The van der Waals surface area contributed by atoms with Gasteiger partial charge in [0.2, 0.25) is 0 Å². The second-order valence-corrected chi connectivity index (χ2v) is 7.79. The monoisotopic (exact) mass is 394 g/mol. The third kappa shape index (κ3) is 5.72. The zero-order valence-corrected chi connectivity index (χ0v) is 15.9. The highest BCUT2D eigenvalue weighted by molar-refractivity contribution is 9.10. The molecule has 132 valence electrons. The van der Waals surface area contributed by atoms with Gasteiger partial charge in [0.05, 0.1) is 0 Å². The maximum atomic E-state index is 11.4. The third-order valence-corrected chi connectivity index (χ3v) is 5.39. The highest BCUT2D eigenvalue weighted by atomic mass is 79.9. The first-order chi connectivity index (χ1) is 11.5. The van der Waals surface area contributed by atoms with E-state index in [1.807, 2.05) is 6.07 Å². The van der Waals surface area contributed by atoms with E-state index in [0.717, 1.165) is 35.0 Å². The van der Waals surface area contributed by atoms with Crippen molar-refractivity contribution in [3.63, 3.8) is 0 Å². The number of allylic oxidation sites excluding steroid dienone is 1. The van der Waals surface area contributed by atoms with Crippen LogP contribution in [0.25, 0.3) is 0 Å². The van der Waals surface area contributed by atoms with E-state index in [2.05, 4.69) is 34.7 Å². The lowest BCUT2D eigenvalue weighted by Crippen LogP contribution is -2.20. The molecule has 1 fully saturated rings. The van der Waals surface area contributed by atoms with Gasteiger partial charge in [-0.05, 0) is 68.2 Å². The molecule has 2 atom stereocenters. The predicted molar refractivity (Wildman–Crippen MR) is 100.0 cm³/mol. The van der Waals surface area contributed by atoms with Crippen molar-refractivity contribution in [3.8, 4) is 0 Å². The molecule has 1 aliphatic rings. The van der Waals surface area contributed by atoms with Crippen LogP contribution in [-0.2, 0) is 6.54 Å². The molecule has 1 aromatic carbocycles. The van der Waals surface area contributed by atoms with Crippen LogP contribution in [0.15, 0.2) is 34.8 Å². The Labute approximate surface area is 152 Å². The Kier molecular flexibility index (Phi) is 7.46. The average Bonchev–Trinajstić information content (AvgIpc) is 2.54. The van der Waals surface area contributed by atoms with Gasteiger partial charge in [-0.15, -0.1) is 0 Å². The van der Waals surface area contributed by atoms with Gasteiger partial charge < -0.3 is 5.32 Å². The molecule has 1 aliphatic carbocycles. The number of hydrogen-bond acceptors (Lipinski definition) is 3. The minimum atomic E-state index is -0.501. The second-order valence-electron chi connectivity index (χ2n) is 6.93. The van der Waals surface area contributed by atoms with Crippen molar-refractivity contribution < 1.29 is 10.0 Å². The van der Waals surface area contributed by atoms with Crippen molar-refractivity contribution in [2.24, 2.45) is 11.8 Å². The number of rotatable bonds is 7. The van der Waals surface area contributed by atoms with Crippen LogP contribution in [0.3, 0.4) is 0 Å². The number of benzene rings is 1. The summed E-state index contributed by atoms with van der Waals surface area (Å²) < 4.78 is 0.869. The molecule has 1 saturated carbocycles. The molecule has 0 radical (unpaired) electrons. The Morgan fingerprint density at radius 2 is 2.21 bits per heavy atom. The van der Waals surface area contributed by atoms with E-state index < -0.39 is 5.91 Å². The van der Waals surface area contributed by atoms with Crippen LogP contribution in [-0.4, -0.2) is 17.7 Å². The third-order valence-electron chi connectivity index (χ3n) is 4.65. The quantitative estimate of drug-likeness (QED) is 0.277. The van der Waals surface area contributed by atoms with Crippen LogP contribution in [0.5, 0.6) is 0 Å². The molecule has 1 amide bonds. The number of amides is 1. The Morgan fingerprint density at radius 1 is 1.42 bits per heavy atom. The maximum absolute atomic E-state index is 11.4. The smallest absolute Gasteiger partial charge is 0.274 e. The lowest BCUT2D eigenvalue weighted by atomic mass is 9.78. The van der Waals surface area contributed by atoms with Gasteiger partial charge in [-0.25, -0.2) is 5.48 Å². The Bertz CT molecular complexity index is 589. The molecule has 0 saturated heterocycles. The Morgan fingerprint density at radius 3 is 2.88 bits per heavy atom. The van der Waals surface area contributed by atoms with E-state index in [1.165, 1.54) is 37.7 Å². The number of hydrogen-bond donors (Lipinski definition) is 3. The van der Waals surface area contributed by atoms with Gasteiger partial charge in [-0.3, -0.25) is 10.0 Å². The number of carbonyl (C=O) groups excluding carboxylic acids is 1. The molecular formula is C19H27BrN2O2. The van der Waals surface area contributed by atoms with Crippen molar-refractivity contribution in [2.45, 2.75) is 45.6 Å². The molecule has 0 heterocycles. The van der Waals surface area contributed by atoms with Crippen molar-refractivity contribution in [1.29, 1.82) is 0 Å². The summed E-state index contributed by atoms with van der Waals surface area (Å²) in [6.07, 6.45) is 6.16. The van der Waals surface area contributed by atoms with E-state index in [1.54, 1.807) is 17.6 Å². The SMILES string of the molecule is C=C1CC(C)CC(CCCNCc2ccc(C(=O)NO)cc2Br)C1. The summed E-state index contributed by atoms with van der Waals surface area (Å²) in [5.74, 6) is 1.08. The van der Waals surface area contributed by atoms with Crippen LogP contribution < -0.4 is 10.8 Å². The fourth-order valence-corrected chi connectivity index (χ4v) is 4.09. The molecular weight excluding hydrogens is 368 g/mol. The van der Waals surface area contributed by atoms with Crippen LogP contribution >= 0.6 is 15.9 Å². The van der Waals surface area contributed by atoms with Crippen LogP contribution in [0, 0.1) is 11.8 Å². The van der Waals surface area contributed by atoms with Gasteiger partial charge in [0.15, 0.2) is 0 Å². The molecule has 0 aliphatic heterocycles. The standard InChI is InChI=1S/C19H27BrN2O2/c1-13-8-14(2)10-15(9-13)4-3-7-21-12-17-6-5-16(11-18(17)20)19(23)22-24/h5-6,11,14-15,21,24H,1,3-4,7-10,12H2,2H3,(H,22,23). The summed E-state index contributed by atoms with van der Waals surface area (Å²) in [7, 11) is 0. The van der Waals surface area contributed by atoms with Gasteiger partial charge in [-0.1, -0.05) is 41.1 Å². The van der Waals surface area contributed by atoms with E-state index in [9.17, 15) is 4.79 Å². The molecule has 24 heavy (non-hydrogen) atoms. The highest BCUT2D eigenvalue weighted by Crippen LogP contribution is 2.34. The molecule has 2 rings (SSSR count). The van der Waals surface area contributed by atoms with Gasteiger partial charge >= 0.3 is 0 Å². The second kappa shape index (κ2) is 9.35. The van der Waals surface area contributed by atoms with Gasteiger partial charge in [0, 0.05) is 16.6 Å². The lowest BCUT2D eigenvalue weighted by Gasteiger charge is -2.28. The normalized spacial score (nSPS) is 20.9. The first-order valence-corrected chi connectivity index (χ1v) is 9.39. The fourth-order valence-electron chi connectivity index (χ4n) is 3.58. The number of hydroxylamine groups is 1. The Balaban J connectivity index is 1.71. The van der Waals surface area contributed by atoms with Gasteiger partial charge in [-0.2, -0.15) is 0 Å². The van der Waals surface area contributed by atoms with Gasteiger partial charge in [0.25, 0.3) is 5.91 Å². The van der Waals surface area contributed by atoms with Crippen molar-refractivity contribution in [1.82, 2.24) is 10.8 Å². The Hall–Kier alpha value is -1.17. The molecule has 2 unspecified atom stereocenters. The first kappa shape index (κ1) is 19.2. The van der Waals surface area contributed by atoms with Gasteiger partial charge in [0.1, 0.15) is 0 Å². The van der Waals surface area contributed by atoms with Crippen LogP contribution in [0.1, 0.15) is 54.9 Å². The summed E-state index contributed by atoms with van der Waals surface area (Å²) in [6, 6.07) is 5.33. The number of nitrogens with one attached hydrogen (secondary N) is 2. The molecule has 0 aromatic heterocycles. The predicted octanol–water partition coefficient (Wildman–Crippen LogP) is 4.43. The highest BCUT2D eigenvalue weighted by Gasteiger charge is 2.20. The fraction of sp³-hybridized carbons (Fsp3) is 0.526. The van der Waals surface area contributed by atoms with E-state index in [4.69, 9.17) is 5.21 Å². The zero-order valence-electron chi connectivity index (χ0n) is 14.3. The maximum Gasteiger partial charge on any atom is 0.274 e. The summed E-state index contributed by atoms with van der Waals surface area (Å²) >= 11 is 3.48. The minimum Gasteiger partial charge on any atom is -0.313 e. The zero-order chi connectivity index (χ0) is 17.5. The molecule has 0 spiro atoms. The van der Waals surface area contributed by atoms with Crippen molar-refractivity contribution in [2.75, 3.05) is 6.54 Å². The van der Waals surface area contributed by atoms with E-state index >= 15 is 0 Å². The largest absolute Gasteiger partial charge is 0.313 e. The molecule has 3 N–H and O–H groups in total. The molecule has 1 aromatic rings. The van der Waals surface area contributed by atoms with E-state index in [-0.39, 0.29) is 0 Å². The average molecular weight is 395 g/mol. The first-order valence-electron chi connectivity index (χ1n) is 8.59. The number of halogens is 1. The van der Waals surface area contributed by atoms with Crippen molar-refractivity contribution >= 4 is 21.8 Å². The van der Waals surface area contributed by atoms with Crippen molar-refractivity contribution in [3.05, 3.63) is 46.0 Å². The van der Waals surface area contributed by atoms with Crippen LogP contribution in [0.2, 0.25) is 0 Å². The summed E-state index contributed by atoms with van der Waals surface area (Å²) in [6.45, 7) is 8.24. The van der Waals surface area contributed by atoms with E-state index in [0.29, 0.717) is 5.56 Å².